The number of hydrogen-bond donors (Lipinski definition) is 1. The average molecular weight is 674 g/mol. The summed E-state index contributed by atoms with van der Waals surface area (Å²) < 4.78 is 35.3. The van der Waals surface area contributed by atoms with Crippen molar-refractivity contribution in [1.29, 1.82) is 0 Å². The monoisotopic (exact) mass is 673 g/mol. The molecule has 4 rings (SSSR count). The van der Waals surface area contributed by atoms with E-state index in [1.807, 2.05) is 81.6 Å². The molecule has 0 saturated heterocycles. The molecule has 1 atom stereocenters. The molecule has 248 valence electrons. The van der Waals surface area contributed by atoms with Crippen molar-refractivity contribution in [2.45, 2.75) is 56.0 Å². The van der Waals surface area contributed by atoms with Gasteiger partial charge in [-0.1, -0.05) is 67.1 Å². The number of thioether (sulfide) groups is 1. The van der Waals surface area contributed by atoms with Gasteiger partial charge in [0, 0.05) is 24.4 Å². The molecule has 2 amide bonds. The van der Waals surface area contributed by atoms with Crippen LogP contribution in [0.4, 0.5) is 5.69 Å². The Hall–Kier alpha value is -4.28. The zero-order valence-corrected chi connectivity index (χ0v) is 29.0. The van der Waals surface area contributed by atoms with Crippen molar-refractivity contribution in [3.8, 4) is 5.75 Å². The first kappa shape index (κ1) is 35.6. The Balaban J connectivity index is 1.80. The Morgan fingerprint density at radius 1 is 0.872 bits per heavy atom. The zero-order valence-electron chi connectivity index (χ0n) is 27.4. The van der Waals surface area contributed by atoms with Crippen molar-refractivity contribution in [2.75, 3.05) is 30.3 Å². The van der Waals surface area contributed by atoms with Crippen LogP contribution < -0.4 is 14.4 Å². The number of carbonyl (C=O) groups is 2. The van der Waals surface area contributed by atoms with Crippen LogP contribution in [0.2, 0.25) is 0 Å². The quantitative estimate of drug-likeness (QED) is 0.137. The van der Waals surface area contributed by atoms with Crippen molar-refractivity contribution < 1.29 is 22.7 Å². The Labute approximate surface area is 283 Å². The lowest BCUT2D eigenvalue weighted by Gasteiger charge is -2.34. The summed E-state index contributed by atoms with van der Waals surface area (Å²) in [6.07, 6.45) is 2.91. The molecule has 0 fully saturated rings. The van der Waals surface area contributed by atoms with E-state index in [0.29, 0.717) is 24.6 Å². The van der Waals surface area contributed by atoms with Gasteiger partial charge in [0.2, 0.25) is 11.8 Å². The Kier molecular flexibility index (Phi) is 12.9. The lowest BCUT2D eigenvalue weighted by molar-refractivity contribution is -0.140. The van der Waals surface area contributed by atoms with E-state index < -0.39 is 28.5 Å². The molecule has 0 saturated carbocycles. The lowest BCUT2D eigenvalue weighted by atomic mass is 10.0. The second-order valence-electron chi connectivity index (χ2n) is 11.1. The minimum Gasteiger partial charge on any atom is -0.494 e. The van der Waals surface area contributed by atoms with Crippen molar-refractivity contribution >= 4 is 39.3 Å². The maximum atomic E-state index is 14.6. The molecule has 0 aliphatic rings. The fourth-order valence-electron chi connectivity index (χ4n) is 5.21. The van der Waals surface area contributed by atoms with E-state index in [9.17, 15) is 18.0 Å². The van der Waals surface area contributed by atoms with Gasteiger partial charge >= 0.3 is 0 Å². The summed E-state index contributed by atoms with van der Waals surface area (Å²) in [7, 11) is -4.20. The van der Waals surface area contributed by atoms with Crippen LogP contribution in [0.3, 0.4) is 0 Å². The van der Waals surface area contributed by atoms with Gasteiger partial charge in [0.15, 0.2) is 0 Å². The van der Waals surface area contributed by atoms with E-state index in [-0.39, 0.29) is 23.8 Å². The molecule has 4 aromatic carbocycles. The van der Waals surface area contributed by atoms with Crippen molar-refractivity contribution in [3.05, 3.63) is 120 Å². The predicted octanol–water partition coefficient (Wildman–Crippen LogP) is 6.48. The molecule has 1 unspecified atom stereocenters. The number of anilines is 1. The van der Waals surface area contributed by atoms with Crippen LogP contribution in [0.5, 0.6) is 5.75 Å². The molecule has 0 radical (unpaired) electrons. The van der Waals surface area contributed by atoms with Gasteiger partial charge in [-0.3, -0.25) is 13.9 Å². The molecule has 0 bridgehead atoms. The molecule has 0 aliphatic carbocycles. The second kappa shape index (κ2) is 17.0. The number of aryl methyl sites for hydroxylation is 1. The van der Waals surface area contributed by atoms with Gasteiger partial charge in [0.05, 0.1) is 17.2 Å². The number of nitrogens with one attached hydrogen (secondary N) is 1. The van der Waals surface area contributed by atoms with Crippen LogP contribution in [-0.2, 0) is 32.6 Å². The van der Waals surface area contributed by atoms with E-state index in [1.54, 1.807) is 48.5 Å². The maximum absolute atomic E-state index is 14.6. The highest BCUT2D eigenvalue weighted by molar-refractivity contribution is 7.98. The Morgan fingerprint density at radius 2 is 1.55 bits per heavy atom. The number of nitrogens with zero attached hydrogens (tertiary/aromatic N) is 2. The van der Waals surface area contributed by atoms with Gasteiger partial charge < -0.3 is 15.0 Å². The van der Waals surface area contributed by atoms with Crippen LogP contribution in [0.25, 0.3) is 0 Å². The SMILES string of the molecule is CCCNC(=O)C(Cc1ccccc1)N(Cc1cccc(C)c1)C(=O)CN(c1ccc(OCC)cc1)S(=O)(=O)c1ccc(SC)cc1. The van der Waals surface area contributed by atoms with Gasteiger partial charge in [-0.15, -0.1) is 11.8 Å². The van der Waals surface area contributed by atoms with E-state index in [2.05, 4.69) is 5.32 Å². The molecule has 8 nitrogen and oxygen atoms in total. The number of amides is 2. The van der Waals surface area contributed by atoms with Crippen LogP contribution >= 0.6 is 11.8 Å². The molecule has 47 heavy (non-hydrogen) atoms. The topological polar surface area (TPSA) is 96.0 Å². The third kappa shape index (κ3) is 9.62. The summed E-state index contributed by atoms with van der Waals surface area (Å²) in [5, 5.41) is 2.97. The summed E-state index contributed by atoms with van der Waals surface area (Å²) in [6.45, 7) is 6.32. The molecule has 1 N–H and O–H groups in total. The third-order valence-electron chi connectivity index (χ3n) is 7.62. The number of ether oxygens (including phenoxy) is 1. The standard InChI is InChI=1S/C37H43N3O5S2/c1-5-23-38-37(42)35(25-29-12-8-7-9-13-29)39(26-30-14-10-11-28(3)24-30)36(41)27-40(31-15-17-32(18-16-31)45-6-2)47(43,44)34-21-19-33(46-4)20-22-34/h7-22,24,35H,5-6,23,25-27H2,1-4H3,(H,38,42). The number of carbonyl (C=O) groups excluding carboxylic acids is 2. The molecule has 10 heteroatoms. The predicted molar refractivity (Wildman–Crippen MR) is 189 cm³/mol. The van der Waals surface area contributed by atoms with E-state index >= 15 is 0 Å². The van der Waals surface area contributed by atoms with Crippen molar-refractivity contribution in [3.63, 3.8) is 0 Å². The van der Waals surface area contributed by atoms with Crippen LogP contribution in [0.1, 0.15) is 37.0 Å². The van der Waals surface area contributed by atoms with Crippen LogP contribution in [0.15, 0.2) is 113 Å². The maximum Gasteiger partial charge on any atom is 0.264 e. The lowest BCUT2D eigenvalue weighted by Crippen LogP contribution is -2.53. The van der Waals surface area contributed by atoms with Crippen molar-refractivity contribution in [1.82, 2.24) is 10.2 Å². The normalized spacial score (nSPS) is 11.8. The van der Waals surface area contributed by atoms with Gasteiger partial charge in [0.25, 0.3) is 10.0 Å². The van der Waals surface area contributed by atoms with Gasteiger partial charge in [-0.25, -0.2) is 8.42 Å². The van der Waals surface area contributed by atoms with E-state index in [4.69, 9.17) is 4.74 Å². The minimum absolute atomic E-state index is 0.0590. The number of hydrogen-bond acceptors (Lipinski definition) is 6. The first-order valence-corrected chi connectivity index (χ1v) is 18.4. The summed E-state index contributed by atoms with van der Waals surface area (Å²) in [5.41, 5.74) is 3.04. The Bertz CT molecular complexity index is 1710. The van der Waals surface area contributed by atoms with Gasteiger partial charge in [-0.2, -0.15) is 0 Å². The second-order valence-corrected chi connectivity index (χ2v) is 13.9. The van der Waals surface area contributed by atoms with Gasteiger partial charge in [-0.05, 0) is 86.2 Å². The summed E-state index contributed by atoms with van der Waals surface area (Å²) in [5.74, 6) is -0.210. The summed E-state index contributed by atoms with van der Waals surface area (Å²) in [6, 6.07) is 29.6. The van der Waals surface area contributed by atoms with Crippen LogP contribution in [-0.4, -0.2) is 57.1 Å². The smallest absolute Gasteiger partial charge is 0.264 e. The fraction of sp³-hybridized carbons (Fsp3) is 0.297. The first-order valence-electron chi connectivity index (χ1n) is 15.7. The Morgan fingerprint density at radius 3 is 2.17 bits per heavy atom. The number of rotatable bonds is 16. The highest BCUT2D eigenvalue weighted by Crippen LogP contribution is 2.28. The molecule has 0 aliphatic heterocycles. The number of sulfonamides is 1. The minimum atomic E-state index is -4.20. The van der Waals surface area contributed by atoms with E-state index in [0.717, 1.165) is 32.3 Å². The third-order valence-corrected chi connectivity index (χ3v) is 10.1. The summed E-state index contributed by atoms with van der Waals surface area (Å²) in [4.78, 5) is 30.9. The summed E-state index contributed by atoms with van der Waals surface area (Å²) >= 11 is 1.51. The van der Waals surface area contributed by atoms with Gasteiger partial charge in [0.1, 0.15) is 18.3 Å². The molecule has 4 aromatic rings. The van der Waals surface area contributed by atoms with Crippen LogP contribution in [0, 0.1) is 6.92 Å². The zero-order chi connectivity index (χ0) is 33.8. The molecule has 0 aromatic heterocycles. The fourth-order valence-corrected chi connectivity index (χ4v) is 7.03. The first-order chi connectivity index (χ1) is 22.7. The largest absolute Gasteiger partial charge is 0.494 e. The molecular formula is C37H43N3O5S2. The molecule has 0 heterocycles. The average Bonchev–Trinajstić information content (AvgIpc) is 3.08. The number of benzene rings is 4. The highest BCUT2D eigenvalue weighted by atomic mass is 32.2. The molecular weight excluding hydrogens is 631 g/mol. The van der Waals surface area contributed by atoms with Crippen molar-refractivity contribution in [2.24, 2.45) is 0 Å². The molecule has 0 spiro atoms. The highest BCUT2D eigenvalue weighted by Gasteiger charge is 2.34. The van der Waals surface area contributed by atoms with E-state index in [1.165, 1.54) is 16.7 Å².